The number of nitrogens with zero attached hydrogens (tertiary/aromatic N) is 2. The minimum absolute atomic E-state index is 0.0451. The summed E-state index contributed by atoms with van der Waals surface area (Å²) >= 11 is 7.27. The lowest BCUT2D eigenvalue weighted by molar-refractivity contribution is 0.101. The van der Waals surface area contributed by atoms with E-state index >= 15 is 0 Å². The Morgan fingerprint density at radius 3 is 2.50 bits per heavy atom. The standard InChI is InChI=1S/C24H20ClN3O3S/c1-13-21(15(3)29)14(2)26-22(13)20(30)12-32-24-27-19-11-16(25)9-10-18(19)23(31)28(24)17-7-5-4-6-8-17/h4-11,26H,12H2,1-3H3. The van der Waals surface area contributed by atoms with Crippen LogP contribution in [0, 0.1) is 13.8 Å². The number of carbonyl (C=O) groups excluding carboxylic acids is 2. The van der Waals surface area contributed by atoms with Gasteiger partial charge in [0.05, 0.1) is 28.0 Å². The molecule has 0 aliphatic heterocycles. The number of halogens is 1. The van der Waals surface area contributed by atoms with Gasteiger partial charge in [-0.2, -0.15) is 0 Å². The van der Waals surface area contributed by atoms with Crippen molar-refractivity contribution >= 4 is 45.8 Å². The van der Waals surface area contributed by atoms with Crippen molar-refractivity contribution in [3.8, 4) is 5.69 Å². The van der Waals surface area contributed by atoms with E-state index in [1.807, 2.05) is 30.3 Å². The van der Waals surface area contributed by atoms with E-state index in [1.54, 1.807) is 32.0 Å². The first-order valence-electron chi connectivity index (χ1n) is 9.91. The second-order valence-corrected chi connectivity index (χ2v) is 8.80. The van der Waals surface area contributed by atoms with Gasteiger partial charge < -0.3 is 4.98 Å². The summed E-state index contributed by atoms with van der Waals surface area (Å²) in [6.45, 7) is 5.01. The number of nitrogens with one attached hydrogen (secondary N) is 1. The van der Waals surface area contributed by atoms with Crippen LogP contribution in [-0.2, 0) is 0 Å². The highest BCUT2D eigenvalue weighted by Gasteiger charge is 2.21. The van der Waals surface area contributed by atoms with Crippen LogP contribution in [0.25, 0.3) is 16.6 Å². The van der Waals surface area contributed by atoms with Crippen LogP contribution < -0.4 is 5.56 Å². The molecule has 0 atom stereocenters. The topological polar surface area (TPSA) is 84.8 Å². The van der Waals surface area contributed by atoms with Crippen LogP contribution in [0.2, 0.25) is 5.02 Å². The lowest BCUT2D eigenvalue weighted by Crippen LogP contribution is -2.22. The first-order valence-corrected chi connectivity index (χ1v) is 11.3. The Bertz CT molecular complexity index is 1420. The Kier molecular flexibility index (Phi) is 6.04. The number of fused-ring (bicyclic) bond motifs is 1. The zero-order valence-electron chi connectivity index (χ0n) is 17.7. The van der Waals surface area contributed by atoms with Crippen molar-refractivity contribution in [1.29, 1.82) is 0 Å². The molecule has 0 aliphatic carbocycles. The lowest BCUT2D eigenvalue weighted by atomic mass is 10.1. The molecule has 0 unspecified atom stereocenters. The van der Waals surface area contributed by atoms with E-state index < -0.39 is 0 Å². The van der Waals surface area contributed by atoms with E-state index in [4.69, 9.17) is 11.6 Å². The number of rotatable bonds is 6. The van der Waals surface area contributed by atoms with Gasteiger partial charge in [-0.3, -0.25) is 19.0 Å². The van der Waals surface area contributed by atoms with Gasteiger partial charge in [0, 0.05) is 16.3 Å². The van der Waals surface area contributed by atoms with Gasteiger partial charge in [-0.05, 0) is 56.7 Å². The zero-order valence-corrected chi connectivity index (χ0v) is 19.3. The number of H-pyrrole nitrogens is 1. The average Bonchev–Trinajstić information content (AvgIpc) is 3.06. The fraction of sp³-hybridized carbons (Fsp3) is 0.167. The van der Waals surface area contributed by atoms with Crippen molar-refractivity contribution in [3.63, 3.8) is 0 Å². The van der Waals surface area contributed by atoms with Gasteiger partial charge in [-0.1, -0.05) is 41.6 Å². The smallest absolute Gasteiger partial charge is 0.266 e. The van der Waals surface area contributed by atoms with Crippen LogP contribution in [0.4, 0.5) is 0 Å². The predicted molar refractivity (Wildman–Crippen MR) is 128 cm³/mol. The summed E-state index contributed by atoms with van der Waals surface area (Å²) in [5, 5.41) is 1.30. The number of aryl methyl sites for hydroxylation is 1. The summed E-state index contributed by atoms with van der Waals surface area (Å²) in [5.74, 6) is -0.221. The number of hydrogen-bond acceptors (Lipinski definition) is 5. The molecule has 6 nitrogen and oxygen atoms in total. The minimum Gasteiger partial charge on any atom is -0.355 e. The number of Topliss-reactive ketones (excluding diaryl/α,β-unsaturated/α-hetero) is 2. The van der Waals surface area contributed by atoms with Gasteiger partial charge in [0.25, 0.3) is 5.56 Å². The van der Waals surface area contributed by atoms with Gasteiger partial charge in [-0.15, -0.1) is 0 Å². The molecular formula is C24H20ClN3O3S. The number of aromatic amines is 1. The predicted octanol–water partition coefficient (Wildman–Crippen LogP) is 5.16. The van der Waals surface area contributed by atoms with Crippen LogP contribution in [-0.4, -0.2) is 31.9 Å². The van der Waals surface area contributed by atoms with Gasteiger partial charge in [-0.25, -0.2) is 4.98 Å². The maximum Gasteiger partial charge on any atom is 0.266 e. The first-order chi connectivity index (χ1) is 15.3. The third-order valence-electron chi connectivity index (χ3n) is 5.22. The van der Waals surface area contributed by atoms with Crippen LogP contribution in [0.3, 0.4) is 0 Å². The molecule has 2 aromatic heterocycles. The lowest BCUT2D eigenvalue weighted by Gasteiger charge is -2.13. The van der Waals surface area contributed by atoms with E-state index in [1.165, 1.54) is 23.3 Å². The van der Waals surface area contributed by atoms with Gasteiger partial charge >= 0.3 is 0 Å². The van der Waals surface area contributed by atoms with E-state index in [0.717, 1.165) is 0 Å². The third kappa shape index (κ3) is 4.01. The Balaban J connectivity index is 1.76. The van der Waals surface area contributed by atoms with Crippen molar-refractivity contribution in [1.82, 2.24) is 14.5 Å². The van der Waals surface area contributed by atoms with Crippen molar-refractivity contribution < 1.29 is 9.59 Å². The molecule has 2 aromatic carbocycles. The normalized spacial score (nSPS) is 11.1. The molecule has 1 N–H and O–H groups in total. The Labute approximate surface area is 193 Å². The SMILES string of the molecule is CC(=O)c1c(C)[nH]c(C(=O)CSc2nc3cc(Cl)ccc3c(=O)n2-c2ccccc2)c1C. The summed E-state index contributed by atoms with van der Waals surface area (Å²) in [6.07, 6.45) is 0. The fourth-order valence-electron chi connectivity index (χ4n) is 3.80. The van der Waals surface area contributed by atoms with Gasteiger partial charge in [0.2, 0.25) is 0 Å². The quantitative estimate of drug-likeness (QED) is 0.241. The molecule has 4 aromatic rings. The van der Waals surface area contributed by atoms with Crippen molar-refractivity contribution in [2.24, 2.45) is 0 Å². The largest absolute Gasteiger partial charge is 0.355 e. The first kappa shape index (κ1) is 22.0. The molecule has 0 radical (unpaired) electrons. The van der Waals surface area contributed by atoms with E-state index in [-0.39, 0.29) is 22.9 Å². The molecule has 162 valence electrons. The number of ketones is 2. The molecule has 0 bridgehead atoms. The zero-order chi connectivity index (χ0) is 23.0. The molecule has 0 aliphatic rings. The van der Waals surface area contributed by atoms with Gasteiger partial charge in [0.1, 0.15) is 0 Å². The summed E-state index contributed by atoms with van der Waals surface area (Å²) in [5.41, 5.74) is 3.13. The highest BCUT2D eigenvalue weighted by Crippen LogP contribution is 2.25. The van der Waals surface area contributed by atoms with E-state index in [0.29, 0.717) is 49.3 Å². The number of para-hydroxylation sites is 1. The Hall–Kier alpha value is -3.16. The van der Waals surface area contributed by atoms with Crippen molar-refractivity contribution in [2.45, 2.75) is 25.9 Å². The molecule has 0 spiro atoms. The molecular weight excluding hydrogens is 446 g/mol. The maximum absolute atomic E-state index is 13.3. The minimum atomic E-state index is -0.237. The highest BCUT2D eigenvalue weighted by molar-refractivity contribution is 7.99. The maximum atomic E-state index is 13.3. The summed E-state index contributed by atoms with van der Waals surface area (Å²) in [7, 11) is 0. The number of hydrogen-bond donors (Lipinski definition) is 1. The molecule has 32 heavy (non-hydrogen) atoms. The Morgan fingerprint density at radius 2 is 1.84 bits per heavy atom. The number of aromatic nitrogens is 3. The molecule has 0 amide bonds. The molecule has 0 saturated carbocycles. The van der Waals surface area contributed by atoms with E-state index in [2.05, 4.69) is 9.97 Å². The van der Waals surface area contributed by atoms with Crippen LogP contribution in [0.1, 0.15) is 39.0 Å². The monoisotopic (exact) mass is 465 g/mol. The number of thioether (sulfide) groups is 1. The van der Waals surface area contributed by atoms with Gasteiger partial charge in [0.15, 0.2) is 16.7 Å². The molecule has 2 heterocycles. The van der Waals surface area contributed by atoms with Crippen LogP contribution >= 0.6 is 23.4 Å². The summed E-state index contributed by atoms with van der Waals surface area (Å²) < 4.78 is 1.50. The summed E-state index contributed by atoms with van der Waals surface area (Å²) in [4.78, 5) is 45.8. The Morgan fingerprint density at radius 1 is 1.12 bits per heavy atom. The molecule has 0 saturated heterocycles. The molecule has 0 fully saturated rings. The third-order valence-corrected chi connectivity index (χ3v) is 6.39. The molecule has 8 heteroatoms. The van der Waals surface area contributed by atoms with Crippen molar-refractivity contribution in [2.75, 3.05) is 5.75 Å². The highest BCUT2D eigenvalue weighted by atomic mass is 35.5. The summed E-state index contributed by atoms with van der Waals surface area (Å²) in [6, 6.07) is 14.1. The number of benzene rings is 2. The van der Waals surface area contributed by atoms with E-state index in [9.17, 15) is 14.4 Å². The molecule has 4 rings (SSSR count). The second kappa shape index (κ2) is 8.76. The average molecular weight is 466 g/mol. The number of carbonyl (C=O) groups is 2. The van der Waals surface area contributed by atoms with Crippen LogP contribution in [0.15, 0.2) is 58.5 Å². The van der Waals surface area contributed by atoms with Crippen LogP contribution in [0.5, 0.6) is 0 Å². The second-order valence-electron chi connectivity index (χ2n) is 7.42. The fourth-order valence-corrected chi connectivity index (χ4v) is 4.85. The van der Waals surface area contributed by atoms with Crippen molar-refractivity contribution in [3.05, 3.63) is 86.4 Å².